The standard InChI is InChI=1S/C16H32N2O2/c1-6-17-12-7-8-16(2,3)9-13(12)18-10-14(19-4)15(11-18)20-5/h12-15,17H,6-11H2,1-5H3. The van der Waals surface area contributed by atoms with Crippen molar-refractivity contribution in [1.29, 1.82) is 0 Å². The van der Waals surface area contributed by atoms with Crippen LogP contribution in [0.4, 0.5) is 0 Å². The molecule has 4 atom stereocenters. The van der Waals surface area contributed by atoms with Crippen molar-refractivity contribution in [3.8, 4) is 0 Å². The van der Waals surface area contributed by atoms with Crippen LogP contribution in [0, 0.1) is 5.41 Å². The van der Waals surface area contributed by atoms with E-state index in [4.69, 9.17) is 9.47 Å². The summed E-state index contributed by atoms with van der Waals surface area (Å²) in [6, 6.07) is 1.22. The Morgan fingerprint density at radius 1 is 1.15 bits per heavy atom. The molecule has 4 nitrogen and oxygen atoms in total. The molecule has 1 saturated carbocycles. The smallest absolute Gasteiger partial charge is 0.0971 e. The Hall–Kier alpha value is -0.160. The first-order valence-corrected chi connectivity index (χ1v) is 8.03. The molecule has 0 aromatic rings. The zero-order valence-corrected chi connectivity index (χ0v) is 13.8. The summed E-state index contributed by atoms with van der Waals surface area (Å²) in [7, 11) is 3.60. The lowest BCUT2D eigenvalue weighted by Crippen LogP contribution is -2.54. The van der Waals surface area contributed by atoms with Gasteiger partial charge in [-0.3, -0.25) is 4.90 Å². The van der Waals surface area contributed by atoms with Crippen molar-refractivity contribution in [2.45, 2.75) is 64.3 Å². The third-order valence-electron chi connectivity index (χ3n) is 5.14. The summed E-state index contributed by atoms with van der Waals surface area (Å²) in [5.74, 6) is 0. The van der Waals surface area contributed by atoms with Crippen LogP contribution < -0.4 is 5.32 Å². The quantitative estimate of drug-likeness (QED) is 0.836. The summed E-state index contributed by atoms with van der Waals surface area (Å²) in [4.78, 5) is 2.59. The molecule has 0 amide bonds. The fraction of sp³-hybridized carbons (Fsp3) is 1.00. The van der Waals surface area contributed by atoms with Crippen LogP contribution in [-0.2, 0) is 9.47 Å². The van der Waals surface area contributed by atoms with E-state index in [1.165, 1.54) is 19.3 Å². The molecule has 2 aliphatic rings. The van der Waals surface area contributed by atoms with E-state index in [9.17, 15) is 0 Å². The first kappa shape index (κ1) is 16.2. The average molecular weight is 284 g/mol. The lowest BCUT2D eigenvalue weighted by molar-refractivity contribution is -0.00461. The number of rotatable bonds is 5. The molecule has 0 aromatic carbocycles. The maximum Gasteiger partial charge on any atom is 0.0971 e. The molecule has 20 heavy (non-hydrogen) atoms. The van der Waals surface area contributed by atoms with Crippen LogP contribution in [0.15, 0.2) is 0 Å². The van der Waals surface area contributed by atoms with Gasteiger partial charge in [0, 0.05) is 39.4 Å². The van der Waals surface area contributed by atoms with Gasteiger partial charge in [0.1, 0.15) is 0 Å². The Bertz CT molecular complexity index is 297. The number of likely N-dealkylation sites (N-methyl/N-ethyl adjacent to an activating group) is 1. The highest BCUT2D eigenvalue weighted by atomic mass is 16.5. The number of hydrogen-bond acceptors (Lipinski definition) is 4. The Morgan fingerprint density at radius 3 is 2.25 bits per heavy atom. The van der Waals surface area contributed by atoms with Gasteiger partial charge in [0.05, 0.1) is 12.2 Å². The maximum absolute atomic E-state index is 5.60. The highest BCUT2D eigenvalue weighted by molar-refractivity contribution is 4.99. The lowest BCUT2D eigenvalue weighted by Gasteiger charge is -2.45. The normalized spacial score (nSPS) is 38.2. The average Bonchev–Trinajstić information content (AvgIpc) is 2.84. The molecular formula is C16H32N2O2. The Balaban J connectivity index is 2.06. The SMILES string of the molecule is CCNC1CCC(C)(C)CC1N1CC(OC)C(OC)C1. The fourth-order valence-corrected chi connectivity index (χ4v) is 3.93. The van der Waals surface area contributed by atoms with E-state index < -0.39 is 0 Å². The molecule has 1 heterocycles. The number of hydrogen-bond donors (Lipinski definition) is 1. The monoisotopic (exact) mass is 284 g/mol. The summed E-state index contributed by atoms with van der Waals surface area (Å²) in [5, 5.41) is 3.69. The molecule has 118 valence electrons. The molecule has 1 aliphatic heterocycles. The highest BCUT2D eigenvalue weighted by Gasteiger charge is 2.43. The molecule has 0 spiro atoms. The van der Waals surface area contributed by atoms with Gasteiger partial charge in [-0.15, -0.1) is 0 Å². The van der Waals surface area contributed by atoms with E-state index >= 15 is 0 Å². The molecule has 2 rings (SSSR count). The van der Waals surface area contributed by atoms with Crippen LogP contribution in [-0.4, -0.2) is 63.0 Å². The van der Waals surface area contributed by atoms with Crippen LogP contribution in [0.1, 0.15) is 40.0 Å². The molecule has 0 aromatic heterocycles. The Kier molecular flexibility index (Phi) is 5.46. The second kappa shape index (κ2) is 6.73. The summed E-state index contributed by atoms with van der Waals surface area (Å²) < 4.78 is 11.2. The van der Waals surface area contributed by atoms with E-state index in [-0.39, 0.29) is 12.2 Å². The summed E-state index contributed by atoms with van der Waals surface area (Å²) in [6.07, 6.45) is 4.28. The van der Waals surface area contributed by atoms with Crippen molar-refractivity contribution in [1.82, 2.24) is 10.2 Å². The Labute approximate surface area is 124 Å². The van der Waals surface area contributed by atoms with Gasteiger partial charge in [-0.05, 0) is 31.2 Å². The van der Waals surface area contributed by atoms with Crippen LogP contribution in [0.25, 0.3) is 0 Å². The molecule has 1 saturated heterocycles. The van der Waals surface area contributed by atoms with Crippen LogP contribution >= 0.6 is 0 Å². The minimum absolute atomic E-state index is 0.215. The predicted molar refractivity (Wildman–Crippen MR) is 82.1 cm³/mol. The molecule has 0 radical (unpaired) electrons. The minimum atomic E-state index is 0.215. The number of nitrogens with one attached hydrogen (secondary N) is 1. The van der Waals surface area contributed by atoms with Crippen molar-refractivity contribution in [3.05, 3.63) is 0 Å². The number of likely N-dealkylation sites (tertiary alicyclic amines) is 1. The van der Waals surface area contributed by atoms with Gasteiger partial charge in [0.25, 0.3) is 0 Å². The summed E-state index contributed by atoms with van der Waals surface area (Å²) in [5.41, 5.74) is 0.449. The van der Waals surface area contributed by atoms with Crippen molar-refractivity contribution < 1.29 is 9.47 Å². The first-order valence-electron chi connectivity index (χ1n) is 8.03. The first-order chi connectivity index (χ1) is 9.50. The number of nitrogens with zero attached hydrogens (tertiary/aromatic N) is 1. The van der Waals surface area contributed by atoms with Gasteiger partial charge in [-0.2, -0.15) is 0 Å². The topological polar surface area (TPSA) is 33.7 Å². The fourth-order valence-electron chi connectivity index (χ4n) is 3.93. The molecule has 4 unspecified atom stereocenters. The maximum atomic E-state index is 5.60. The van der Waals surface area contributed by atoms with Gasteiger partial charge in [-0.25, -0.2) is 0 Å². The van der Waals surface area contributed by atoms with Crippen molar-refractivity contribution in [2.24, 2.45) is 5.41 Å². The van der Waals surface area contributed by atoms with Crippen LogP contribution in [0.2, 0.25) is 0 Å². The van der Waals surface area contributed by atoms with E-state index in [2.05, 4.69) is 31.0 Å². The second-order valence-electron chi connectivity index (χ2n) is 7.14. The predicted octanol–water partition coefficient (Wildman–Crippen LogP) is 1.89. The summed E-state index contributed by atoms with van der Waals surface area (Å²) in [6.45, 7) is 10.1. The molecular weight excluding hydrogens is 252 g/mol. The van der Waals surface area contributed by atoms with Crippen LogP contribution in [0.5, 0.6) is 0 Å². The van der Waals surface area contributed by atoms with E-state index in [1.807, 2.05) is 0 Å². The van der Waals surface area contributed by atoms with Gasteiger partial charge in [0.2, 0.25) is 0 Å². The molecule has 0 bridgehead atoms. The van der Waals surface area contributed by atoms with Gasteiger partial charge < -0.3 is 14.8 Å². The molecule has 1 aliphatic carbocycles. The Morgan fingerprint density at radius 2 is 1.75 bits per heavy atom. The van der Waals surface area contributed by atoms with Gasteiger partial charge in [0.15, 0.2) is 0 Å². The van der Waals surface area contributed by atoms with Crippen molar-refractivity contribution in [3.63, 3.8) is 0 Å². The van der Waals surface area contributed by atoms with Gasteiger partial charge >= 0.3 is 0 Å². The third-order valence-corrected chi connectivity index (χ3v) is 5.14. The van der Waals surface area contributed by atoms with E-state index in [0.717, 1.165) is 19.6 Å². The van der Waals surface area contributed by atoms with E-state index in [1.54, 1.807) is 14.2 Å². The highest BCUT2D eigenvalue weighted by Crippen LogP contribution is 2.38. The lowest BCUT2D eigenvalue weighted by atomic mass is 9.72. The third kappa shape index (κ3) is 3.53. The molecule has 1 N–H and O–H groups in total. The second-order valence-corrected chi connectivity index (χ2v) is 7.14. The zero-order valence-electron chi connectivity index (χ0n) is 13.8. The van der Waals surface area contributed by atoms with E-state index in [0.29, 0.717) is 17.5 Å². The largest absolute Gasteiger partial charge is 0.377 e. The van der Waals surface area contributed by atoms with Crippen LogP contribution in [0.3, 0.4) is 0 Å². The van der Waals surface area contributed by atoms with Crippen molar-refractivity contribution in [2.75, 3.05) is 33.9 Å². The zero-order chi connectivity index (χ0) is 14.8. The molecule has 4 heteroatoms. The van der Waals surface area contributed by atoms with Gasteiger partial charge in [-0.1, -0.05) is 20.8 Å². The molecule has 2 fully saturated rings. The summed E-state index contributed by atoms with van der Waals surface area (Å²) >= 11 is 0. The number of methoxy groups -OCH3 is 2. The minimum Gasteiger partial charge on any atom is -0.377 e. The van der Waals surface area contributed by atoms with Crippen molar-refractivity contribution >= 4 is 0 Å². The number of ether oxygens (including phenoxy) is 2.